The number of carbonyl (C=O) groups is 1. The molecule has 124 valence electrons. The number of rotatable bonds is 4. The third-order valence-electron chi connectivity index (χ3n) is 5.01. The summed E-state index contributed by atoms with van der Waals surface area (Å²) in [5.41, 5.74) is 6.31. The van der Waals surface area contributed by atoms with E-state index in [2.05, 4.69) is 16.2 Å². The lowest BCUT2D eigenvalue weighted by Gasteiger charge is -2.21. The van der Waals surface area contributed by atoms with E-state index in [0.29, 0.717) is 24.0 Å². The molecule has 0 radical (unpaired) electrons. The molecule has 0 saturated heterocycles. The standard InChI is InChI=1S/C17H22FN3OS/c18-15-5-2-11(3-6-15)10-19-17(23)21-20-16(22)9-14-8-12-1-4-13(14)7-12/h2-3,5-6,12-14H,1,4,7-10H2,(H,20,22)(H2,19,21,23)/t12-,13-,14-/m1/s1. The molecule has 0 unspecified atom stereocenters. The highest BCUT2D eigenvalue weighted by molar-refractivity contribution is 7.80. The Bertz CT molecular complexity index is 578. The van der Waals surface area contributed by atoms with Crippen molar-refractivity contribution in [3.63, 3.8) is 0 Å². The molecule has 0 aliphatic heterocycles. The fourth-order valence-corrected chi connectivity index (χ4v) is 3.99. The average Bonchev–Trinajstić information content (AvgIpc) is 3.15. The van der Waals surface area contributed by atoms with Gasteiger partial charge in [0.2, 0.25) is 5.91 Å². The molecule has 0 heterocycles. The molecule has 3 rings (SSSR count). The first-order chi connectivity index (χ1) is 11.1. The number of nitrogens with one attached hydrogen (secondary N) is 3. The zero-order chi connectivity index (χ0) is 16.2. The van der Waals surface area contributed by atoms with Gasteiger partial charge in [-0.2, -0.15) is 0 Å². The van der Waals surface area contributed by atoms with Gasteiger partial charge >= 0.3 is 0 Å². The van der Waals surface area contributed by atoms with Gasteiger partial charge in [0.25, 0.3) is 0 Å². The van der Waals surface area contributed by atoms with Crippen molar-refractivity contribution >= 4 is 23.2 Å². The Labute approximate surface area is 141 Å². The maximum atomic E-state index is 12.8. The first-order valence-corrected chi connectivity index (χ1v) is 8.58. The summed E-state index contributed by atoms with van der Waals surface area (Å²) in [6.07, 6.45) is 5.72. The first-order valence-electron chi connectivity index (χ1n) is 8.17. The summed E-state index contributed by atoms with van der Waals surface area (Å²) >= 11 is 5.12. The van der Waals surface area contributed by atoms with E-state index < -0.39 is 0 Å². The Morgan fingerprint density at radius 3 is 2.61 bits per heavy atom. The molecule has 1 aromatic carbocycles. The molecule has 2 fully saturated rings. The topological polar surface area (TPSA) is 53.2 Å². The van der Waals surface area contributed by atoms with E-state index >= 15 is 0 Å². The Morgan fingerprint density at radius 1 is 1.17 bits per heavy atom. The largest absolute Gasteiger partial charge is 0.357 e. The zero-order valence-electron chi connectivity index (χ0n) is 13.0. The van der Waals surface area contributed by atoms with Crippen LogP contribution in [0.4, 0.5) is 4.39 Å². The van der Waals surface area contributed by atoms with Gasteiger partial charge in [-0.15, -0.1) is 0 Å². The second kappa shape index (κ2) is 7.25. The average molecular weight is 335 g/mol. The van der Waals surface area contributed by atoms with Gasteiger partial charge in [0.15, 0.2) is 5.11 Å². The van der Waals surface area contributed by atoms with Crippen LogP contribution in [0.25, 0.3) is 0 Å². The number of hydrogen-bond donors (Lipinski definition) is 3. The summed E-state index contributed by atoms with van der Waals surface area (Å²) in [7, 11) is 0. The Kier molecular flexibility index (Phi) is 5.10. The lowest BCUT2D eigenvalue weighted by molar-refractivity contribution is -0.122. The molecule has 2 saturated carbocycles. The highest BCUT2D eigenvalue weighted by Crippen LogP contribution is 2.49. The number of halogens is 1. The molecule has 0 spiro atoms. The molecular weight excluding hydrogens is 313 g/mol. The summed E-state index contributed by atoms with van der Waals surface area (Å²) in [6.45, 7) is 0.481. The molecule has 6 heteroatoms. The monoisotopic (exact) mass is 335 g/mol. The Hall–Kier alpha value is -1.69. The number of benzene rings is 1. The number of fused-ring (bicyclic) bond motifs is 2. The fraction of sp³-hybridized carbons (Fsp3) is 0.529. The Morgan fingerprint density at radius 2 is 1.96 bits per heavy atom. The summed E-state index contributed by atoms with van der Waals surface area (Å²) in [5, 5.41) is 3.33. The molecular formula is C17H22FN3OS. The van der Waals surface area contributed by atoms with Gasteiger partial charge in [0, 0.05) is 13.0 Å². The number of carbonyl (C=O) groups excluding carboxylic acids is 1. The van der Waals surface area contributed by atoms with Crippen molar-refractivity contribution in [3.05, 3.63) is 35.6 Å². The van der Waals surface area contributed by atoms with Crippen LogP contribution in [-0.4, -0.2) is 11.0 Å². The second-order valence-corrected chi connectivity index (χ2v) is 7.03. The van der Waals surface area contributed by atoms with Crippen LogP contribution < -0.4 is 16.2 Å². The van der Waals surface area contributed by atoms with Crippen molar-refractivity contribution in [2.45, 2.75) is 38.6 Å². The normalized spacial score (nSPS) is 25.2. The van der Waals surface area contributed by atoms with Crippen molar-refractivity contribution in [2.75, 3.05) is 0 Å². The van der Waals surface area contributed by atoms with Crippen molar-refractivity contribution < 1.29 is 9.18 Å². The van der Waals surface area contributed by atoms with Gasteiger partial charge in [-0.05, 0) is 66.9 Å². The predicted molar refractivity (Wildman–Crippen MR) is 90.7 cm³/mol. The van der Waals surface area contributed by atoms with Crippen LogP contribution in [0.1, 0.15) is 37.7 Å². The van der Waals surface area contributed by atoms with E-state index in [1.807, 2.05) is 0 Å². The third kappa shape index (κ3) is 4.41. The van der Waals surface area contributed by atoms with E-state index in [0.717, 1.165) is 17.4 Å². The van der Waals surface area contributed by atoms with E-state index in [4.69, 9.17) is 12.2 Å². The molecule has 3 atom stereocenters. The smallest absolute Gasteiger partial charge is 0.238 e. The van der Waals surface area contributed by atoms with Gasteiger partial charge in [-0.25, -0.2) is 4.39 Å². The molecule has 2 aliphatic rings. The molecule has 1 amide bonds. The number of hydrogen-bond acceptors (Lipinski definition) is 2. The summed E-state index contributed by atoms with van der Waals surface area (Å²) < 4.78 is 12.8. The van der Waals surface area contributed by atoms with Crippen LogP contribution in [0, 0.1) is 23.6 Å². The molecule has 4 nitrogen and oxygen atoms in total. The van der Waals surface area contributed by atoms with Crippen LogP contribution in [0.3, 0.4) is 0 Å². The lowest BCUT2D eigenvalue weighted by Crippen LogP contribution is -2.47. The minimum absolute atomic E-state index is 0.00604. The molecule has 0 aromatic heterocycles. The molecule has 2 aliphatic carbocycles. The quantitative estimate of drug-likeness (QED) is 0.585. The lowest BCUT2D eigenvalue weighted by atomic mass is 9.86. The van der Waals surface area contributed by atoms with Crippen LogP contribution in [0.15, 0.2) is 24.3 Å². The van der Waals surface area contributed by atoms with Crippen molar-refractivity contribution in [1.29, 1.82) is 0 Å². The van der Waals surface area contributed by atoms with Crippen molar-refractivity contribution in [3.8, 4) is 0 Å². The first kappa shape index (κ1) is 16.2. The van der Waals surface area contributed by atoms with E-state index in [1.165, 1.54) is 37.8 Å². The van der Waals surface area contributed by atoms with Gasteiger partial charge in [-0.3, -0.25) is 15.6 Å². The minimum atomic E-state index is -0.262. The van der Waals surface area contributed by atoms with Crippen molar-refractivity contribution in [1.82, 2.24) is 16.2 Å². The highest BCUT2D eigenvalue weighted by Gasteiger charge is 2.40. The predicted octanol–water partition coefficient (Wildman–Crippen LogP) is 2.65. The maximum Gasteiger partial charge on any atom is 0.238 e. The van der Waals surface area contributed by atoms with Gasteiger partial charge in [0.05, 0.1) is 0 Å². The van der Waals surface area contributed by atoms with Gasteiger partial charge in [-0.1, -0.05) is 18.6 Å². The third-order valence-corrected chi connectivity index (χ3v) is 5.26. The zero-order valence-corrected chi connectivity index (χ0v) is 13.8. The molecule has 1 aromatic rings. The van der Waals surface area contributed by atoms with E-state index in [1.54, 1.807) is 12.1 Å². The number of thiocarbonyl (C=S) groups is 1. The highest BCUT2D eigenvalue weighted by atomic mass is 32.1. The van der Waals surface area contributed by atoms with Gasteiger partial charge in [0.1, 0.15) is 5.82 Å². The Balaban J connectivity index is 1.34. The SMILES string of the molecule is O=C(C[C@H]1C[C@@H]2CC[C@@H]1C2)NNC(=S)NCc1ccc(F)cc1. The molecule has 2 bridgehead atoms. The van der Waals surface area contributed by atoms with E-state index in [-0.39, 0.29) is 11.7 Å². The second-order valence-electron chi connectivity index (χ2n) is 6.62. The summed E-state index contributed by atoms with van der Waals surface area (Å²) in [5.74, 6) is 1.87. The summed E-state index contributed by atoms with van der Waals surface area (Å²) in [4.78, 5) is 12.0. The molecule has 3 N–H and O–H groups in total. The molecule has 23 heavy (non-hydrogen) atoms. The number of hydrazine groups is 1. The van der Waals surface area contributed by atoms with Crippen molar-refractivity contribution in [2.24, 2.45) is 17.8 Å². The summed E-state index contributed by atoms with van der Waals surface area (Å²) in [6, 6.07) is 6.20. The minimum Gasteiger partial charge on any atom is -0.357 e. The number of amides is 1. The van der Waals surface area contributed by atoms with Crippen LogP contribution >= 0.6 is 12.2 Å². The van der Waals surface area contributed by atoms with Gasteiger partial charge < -0.3 is 5.32 Å². The van der Waals surface area contributed by atoms with Crippen LogP contribution in [-0.2, 0) is 11.3 Å². The van der Waals surface area contributed by atoms with E-state index in [9.17, 15) is 9.18 Å². The van der Waals surface area contributed by atoms with Crippen LogP contribution in [0.2, 0.25) is 0 Å². The van der Waals surface area contributed by atoms with Crippen LogP contribution in [0.5, 0.6) is 0 Å². The maximum absolute atomic E-state index is 12.8. The fourth-order valence-electron chi connectivity index (χ4n) is 3.87.